The number of fused-ring (bicyclic) bond motifs is 6. The topological polar surface area (TPSA) is 42.4 Å². The average molecular weight is 731 g/mol. The summed E-state index contributed by atoms with van der Waals surface area (Å²) in [6.07, 6.45) is 0. The normalized spacial score (nSPS) is 11.5. The van der Waals surface area contributed by atoms with Crippen LogP contribution in [0, 0.1) is 0 Å². The first-order valence-electron chi connectivity index (χ1n) is 19.2. The van der Waals surface area contributed by atoms with E-state index in [-0.39, 0.29) is 0 Å². The molecule has 0 atom stereocenters. The number of benzene rings is 9. The van der Waals surface area contributed by atoms with Crippen LogP contribution in [0.25, 0.3) is 88.6 Å². The zero-order chi connectivity index (χ0) is 37.7. The minimum absolute atomic E-state index is 0.609. The first-order valence-corrected chi connectivity index (χ1v) is 19.2. The summed E-state index contributed by atoms with van der Waals surface area (Å²) in [5.74, 6) is 0.609. The molecule has 0 radical (unpaired) electrons. The summed E-state index contributed by atoms with van der Waals surface area (Å²) in [4.78, 5) is 7.30. The Hall–Kier alpha value is -7.69. The van der Waals surface area contributed by atoms with Crippen LogP contribution in [0.1, 0.15) is 0 Å². The molecule has 0 saturated carbocycles. The third-order valence-electron chi connectivity index (χ3n) is 10.9. The summed E-state index contributed by atoms with van der Waals surface area (Å²) in [6.45, 7) is 0. The molecule has 0 N–H and O–H groups in total. The van der Waals surface area contributed by atoms with Crippen molar-refractivity contribution < 1.29 is 8.83 Å². The van der Waals surface area contributed by atoms with Gasteiger partial charge in [-0.05, 0) is 111 Å². The summed E-state index contributed by atoms with van der Waals surface area (Å²) in [5.41, 5.74) is 14.2. The molecule has 2 heterocycles. The zero-order valence-electron chi connectivity index (χ0n) is 30.8. The highest BCUT2D eigenvalue weighted by molar-refractivity contribution is 6.23. The van der Waals surface area contributed by atoms with Crippen LogP contribution >= 0.6 is 0 Å². The molecule has 0 bridgehead atoms. The highest BCUT2D eigenvalue weighted by atomic mass is 16.3. The van der Waals surface area contributed by atoms with E-state index in [4.69, 9.17) is 13.8 Å². The predicted molar refractivity (Wildman–Crippen MR) is 235 cm³/mol. The molecule has 57 heavy (non-hydrogen) atoms. The number of anilines is 3. The fourth-order valence-corrected chi connectivity index (χ4v) is 8.17. The monoisotopic (exact) mass is 730 g/mol. The largest absolute Gasteiger partial charge is 0.456 e. The van der Waals surface area contributed by atoms with Crippen LogP contribution in [0.5, 0.6) is 0 Å². The number of hydrogen-bond acceptors (Lipinski definition) is 4. The number of rotatable bonds is 7. The van der Waals surface area contributed by atoms with E-state index in [0.717, 1.165) is 88.7 Å². The molecule has 0 aliphatic heterocycles. The van der Waals surface area contributed by atoms with Crippen LogP contribution < -0.4 is 4.90 Å². The van der Waals surface area contributed by atoms with E-state index >= 15 is 0 Å². The van der Waals surface area contributed by atoms with Crippen LogP contribution in [-0.2, 0) is 0 Å². The van der Waals surface area contributed by atoms with Crippen molar-refractivity contribution in [3.63, 3.8) is 0 Å². The van der Waals surface area contributed by atoms with E-state index in [1.165, 1.54) is 11.1 Å². The lowest BCUT2D eigenvalue weighted by Crippen LogP contribution is -2.09. The van der Waals surface area contributed by atoms with Crippen molar-refractivity contribution in [3.05, 3.63) is 206 Å². The maximum Gasteiger partial charge on any atom is 0.227 e. The Balaban J connectivity index is 0.973. The van der Waals surface area contributed by atoms with Crippen LogP contribution in [0.2, 0.25) is 0 Å². The molecule has 0 aliphatic rings. The van der Waals surface area contributed by atoms with E-state index in [2.05, 4.69) is 169 Å². The van der Waals surface area contributed by atoms with E-state index in [9.17, 15) is 0 Å². The Labute approximate surface area is 329 Å². The second-order valence-corrected chi connectivity index (χ2v) is 14.3. The maximum absolute atomic E-state index is 6.74. The standard InChI is InChI=1S/C53H34N2O2/c1-4-13-35(14-5-1)36-23-28-41(29-24-36)55(40-17-8-3-9-18-40)42-30-25-37(26-31-42)39-27-32-46-49(33-39)56-50-34-47(43-19-10-11-20-44(43)51(46)50)45-21-12-22-48-52(45)54-53(57-48)38-15-6-2-7-16-38/h1-34H. The molecule has 9 aromatic carbocycles. The second-order valence-electron chi connectivity index (χ2n) is 14.3. The van der Waals surface area contributed by atoms with Gasteiger partial charge in [-0.2, -0.15) is 0 Å². The Bertz CT molecular complexity index is 3200. The number of furan rings is 1. The maximum atomic E-state index is 6.74. The van der Waals surface area contributed by atoms with Crippen LogP contribution in [0.4, 0.5) is 17.1 Å². The lowest BCUT2D eigenvalue weighted by atomic mass is 9.94. The third-order valence-corrected chi connectivity index (χ3v) is 10.9. The van der Waals surface area contributed by atoms with Gasteiger partial charge in [-0.15, -0.1) is 0 Å². The van der Waals surface area contributed by atoms with Crippen molar-refractivity contribution in [2.24, 2.45) is 0 Å². The van der Waals surface area contributed by atoms with E-state index < -0.39 is 0 Å². The molecular weight excluding hydrogens is 697 g/mol. The van der Waals surface area contributed by atoms with Crippen molar-refractivity contribution >= 4 is 60.9 Å². The predicted octanol–water partition coefficient (Wildman–Crippen LogP) is 15.0. The summed E-state index contributed by atoms with van der Waals surface area (Å²) in [6, 6.07) is 72.1. The highest BCUT2D eigenvalue weighted by Crippen LogP contribution is 2.43. The van der Waals surface area contributed by atoms with Crippen LogP contribution in [-0.4, -0.2) is 4.98 Å². The number of nitrogens with zero attached hydrogens (tertiary/aromatic N) is 2. The fraction of sp³-hybridized carbons (Fsp3) is 0. The number of para-hydroxylation sites is 2. The van der Waals surface area contributed by atoms with Gasteiger partial charge in [-0.1, -0.05) is 133 Å². The van der Waals surface area contributed by atoms with Gasteiger partial charge in [-0.3, -0.25) is 0 Å². The van der Waals surface area contributed by atoms with Gasteiger partial charge in [0.2, 0.25) is 5.89 Å². The molecule has 0 saturated heterocycles. The first kappa shape index (κ1) is 32.7. The van der Waals surface area contributed by atoms with Gasteiger partial charge in [0.05, 0.1) is 0 Å². The molecule has 11 aromatic rings. The third kappa shape index (κ3) is 5.74. The minimum atomic E-state index is 0.609. The van der Waals surface area contributed by atoms with Gasteiger partial charge >= 0.3 is 0 Å². The summed E-state index contributed by atoms with van der Waals surface area (Å²) < 4.78 is 13.0. The van der Waals surface area contributed by atoms with Crippen molar-refractivity contribution in [1.29, 1.82) is 0 Å². The summed E-state index contributed by atoms with van der Waals surface area (Å²) >= 11 is 0. The molecule has 0 aliphatic carbocycles. The molecule has 268 valence electrons. The quantitative estimate of drug-likeness (QED) is 0.164. The summed E-state index contributed by atoms with van der Waals surface area (Å²) in [7, 11) is 0. The Morgan fingerprint density at radius 1 is 0.333 bits per heavy atom. The number of hydrogen-bond donors (Lipinski definition) is 0. The zero-order valence-corrected chi connectivity index (χ0v) is 30.8. The Morgan fingerprint density at radius 2 is 0.895 bits per heavy atom. The van der Waals surface area contributed by atoms with E-state index in [1.54, 1.807) is 0 Å². The number of oxazole rings is 1. The average Bonchev–Trinajstić information content (AvgIpc) is 3.90. The van der Waals surface area contributed by atoms with Gasteiger partial charge in [0.1, 0.15) is 16.7 Å². The van der Waals surface area contributed by atoms with Gasteiger partial charge in [0.25, 0.3) is 0 Å². The molecule has 2 aromatic heterocycles. The number of aromatic nitrogens is 1. The molecule has 0 amide bonds. The molecule has 11 rings (SSSR count). The van der Waals surface area contributed by atoms with Crippen molar-refractivity contribution in [2.75, 3.05) is 4.90 Å². The lowest BCUT2D eigenvalue weighted by molar-refractivity contribution is 0.620. The minimum Gasteiger partial charge on any atom is -0.456 e. The van der Waals surface area contributed by atoms with Gasteiger partial charge in [-0.25, -0.2) is 4.98 Å². The smallest absolute Gasteiger partial charge is 0.227 e. The lowest BCUT2D eigenvalue weighted by Gasteiger charge is -2.26. The van der Waals surface area contributed by atoms with E-state index in [1.807, 2.05) is 42.5 Å². The molecule has 4 heteroatoms. The van der Waals surface area contributed by atoms with Gasteiger partial charge in [0.15, 0.2) is 5.58 Å². The summed E-state index contributed by atoms with van der Waals surface area (Å²) in [5, 5.41) is 4.48. The van der Waals surface area contributed by atoms with Crippen LogP contribution in [0.3, 0.4) is 0 Å². The SMILES string of the molecule is c1ccc(-c2ccc(N(c3ccccc3)c3ccc(-c4ccc5c(c4)oc4cc(-c6cccc7oc(-c8ccccc8)nc67)c6ccccc6c45)cc3)cc2)cc1. The van der Waals surface area contributed by atoms with E-state index in [0.29, 0.717) is 5.89 Å². The second kappa shape index (κ2) is 13.6. The van der Waals surface area contributed by atoms with Crippen molar-refractivity contribution in [1.82, 2.24) is 4.98 Å². The first-order chi connectivity index (χ1) is 28.2. The van der Waals surface area contributed by atoms with Crippen molar-refractivity contribution in [3.8, 4) is 44.8 Å². The molecule has 0 spiro atoms. The molecular formula is C53H34N2O2. The van der Waals surface area contributed by atoms with Gasteiger partial charge < -0.3 is 13.7 Å². The molecule has 0 unspecified atom stereocenters. The fourth-order valence-electron chi connectivity index (χ4n) is 8.17. The Morgan fingerprint density at radius 3 is 1.60 bits per heavy atom. The van der Waals surface area contributed by atoms with Gasteiger partial charge in [0, 0.05) is 39.0 Å². The molecule has 4 nitrogen and oxygen atoms in total. The highest BCUT2D eigenvalue weighted by Gasteiger charge is 2.19. The van der Waals surface area contributed by atoms with Crippen LogP contribution in [0.15, 0.2) is 215 Å². The Kier molecular flexibility index (Phi) is 7.78. The molecule has 0 fully saturated rings. The van der Waals surface area contributed by atoms with Crippen molar-refractivity contribution in [2.45, 2.75) is 0 Å².